The zero-order valence-corrected chi connectivity index (χ0v) is 18.0. The number of fused-ring (bicyclic) bond motifs is 1. The number of nitrogens with zero attached hydrogens (tertiary/aromatic N) is 2. The Bertz CT molecular complexity index is 1240. The van der Waals surface area contributed by atoms with E-state index in [-0.39, 0.29) is 12.4 Å². The van der Waals surface area contributed by atoms with Crippen molar-refractivity contribution in [2.24, 2.45) is 0 Å². The predicted molar refractivity (Wildman–Crippen MR) is 121 cm³/mol. The molecule has 5 nitrogen and oxygen atoms in total. The third-order valence-corrected chi connectivity index (χ3v) is 5.35. The average Bonchev–Trinajstić information content (AvgIpc) is 2.79. The summed E-state index contributed by atoms with van der Waals surface area (Å²) in [4.78, 5) is 11.4. The molecule has 0 aliphatic carbocycles. The van der Waals surface area contributed by atoms with Crippen molar-refractivity contribution in [1.29, 1.82) is 0 Å². The highest BCUT2D eigenvalue weighted by molar-refractivity contribution is 6.35. The lowest BCUT2D eigenvalue weighted by Gasteiger charge is -2.12. The van der Waals surface area contributed by atoms with Crippen LogP contribution in [0.3, 0.4) is 0 Å². The summed E-state index contributed by atoms with van der Waals surface area (Å²) in [6.07, 6.45) is 0.261. The summed E-state index contributed by atoms with van der Waals surface area (Å²) in [6.45, 7) is 2.36. The van der Waals surface area contributed by atoms with Crippen LogP contribution in [0.4, 0.5) is 0 Å². The number of hydrogen-bond donors (Lipinski definition) is 0. The number of carbonyl (C=O) groups excluding carboxylic acids is 1. The molecule has 3 aromatic carbocycles. The van der Waals surface area contributed by atoms with Crippen LogP contribution in [0.15, 0.2) is 66.7 Å². The molecule has 0 spiro atoms. The van der Waals surface area contributed by atoms with Crippen LogP contribution in [0, 0.1) is 6.92 Å². The van der Waals surface area contributed by atoms with Crippen LogP contribution in [0.2, 0.25) is 5.02 Å². The first-order chi connectivity index (χ1) is 15.0. The summed E-state index contributed by atoms with van der Waals surface area (Å²) >= 11 is 6.31. The molecule has 156 valence electrons. The Morgan fingerprint density at radius 3 is 2.48 bits per heavy atom. The first kappa shape index (κ1) is 20.8. The molecular formula is C25H21ClN2O3. The van der Waals surface area contributed by atoms with Gasteiger partial charge in [0, 0.05) is 10.9 Å². The molecule has 0 aliphatic heterocycles. The molecule has 1 heterocycles. The number of ether oxygens (including phenoxy) is 2. The molecule has 0 saturated carbocycles. The van der Waals surface area contributed by atoms with Crippen LogP contribution in [-0.2, 0) is 22.6 Å². The van der Waals surface area contributed by atoms with Gasteiger partial charge in [-0.05, 0) is 41.8 Å². The van der Waals surface area contributed by atoms with E-state index in [0.717, 1.165) is 39.1 Å². The van der Waals surface area contributed by atoms with E-state index in [2.05, 4.69) is 10.2 Å². The van der Waals surface area contributed by atoms with E-state index in [1.54, 1.807) is 0 Å². The molecule has 0 N–H and O–H groups in total. The van der Waals surface area contributed by atoms with Crippen molar-refractivity contribution < 1.29 is 14.3 Å². The number of carbonyl (C=O) groups is 1. The highest BCUT2D eigenvalue weighted by atomic mass is 35.5. The summed E-state index contributed by atoms with van der Waals surface area (Å²) < 4.78 is 10.7. The third kappa shape index (κ3) is 4.67. The predicted octanol–water partition coefficient (Wildman–Crippen LogP) is 5.55. The third-order valence-electron chi connectivity index (χ3n) is 5.05. The lowest BCUT2D eigenvalue weighted by Crippen LogP contribution is -2.04. The number of rotatable bonds is 6. The van der Waals surface area contributed by atoms with Crippen molar-refractivity contribution in [2.45, 2.75) is 20.0 Å². The van der Waals surface area contributed by atoms with Gasteiger partial charge >= 0.3 is 5.97 Å². The molecule has 0 bridgehead atoms. The van der Waals surface area contributed by atoms with E-state index >= 15 is 0 Å². The largest absolute Gasteiger partial charge is 0.489 e. The summed E-state index contributed by atoms with van der Waals surface area (Å²) in [6, 6.07) is 21.4. The van der Waals surface area contributed by atoms with Crippen LogP contribution in [0.25, 0.3) is 22.0 Å². The first-order valence-corrected chi connectivity index (χ1v) is 10.2. The van der Waals surface area contributed by atoms with Crippen LogP contribution < -0.4 is 4.74 Å². The minimum atomic E-state index is -0.254. The fourth-order valence-corrected chi connectivity index (χ4v) is 3.67. The van der Waals surface area contributed by atoms with E-state index in [4.69, 9.17) is 21.1 Å². The number of benzene rings is 3. The van der Waals surface area contributed by atoms with E-state index in [0.29, 0.717) is 17.1 Å². The molecule has 0 aliphatic rings. The number of esters is 1. The fraction of sp³-hybridized carbons (Fsp3) is 0.160. The second-order valence-electron chi connectivity index (χ2n) is 7.18. The Morgan fingerprint density at radius 1 is 0.968 bits per heavy atom. The van der Waals surface area contributed by atoms with E-state index in [9.17, 15) is 4.79 Å². The van der Waals surface area contributed by atoms with Gasteiger partial charge in [-0.2, -0.15) is 5.10 Å². The molecule has 0 saturated heterocycles. The topological polar surface area (TPSA) is 61.3 Å². The van der Waals surface area contributed by atoms with Gasteiger partial charge in [0.25, 0.3) is 0 Å². The van der Waals surface area contributed by atoms with Gasteiger partial charge in [0.05, 0.1) is 24.2 Å². The first-order valence-electron chi connectivity index (χ1n) is 9.84. The van der Waals surface area contributed by atoms with Gasteiger partial charge in [0.2, 0.25) is 0 Å². The maximum atomic E-state index is 11.4. The molecule has 4 rings (SSSR count). The summed E-state index contributed by atoms with van der Waals surface area (Å²) in [5, 5.41) is 10.1. The van der Waals surface area contributed by atoms with Crippen molar-refractivity contribution in [2.75, 3.05) is 7.11 Å². The summed E-state index contributed by atoms with van der Waals surface area (Å²) in [5.74, 6) is 0.498. The SMILES string of the molecule is COC(=O)Cc1ccc(COc2cccc(-c3c(C)nnc4c(Cl)cccc34)c2)cc1. The van der Waals surface area contributed by atoms with Crippen molar-refractivity contribution in [3.05, 3.63) is 88.6 Å². The lowest BCUT2D eigenvalue weighted by atomic mass is 9.99. The van der Waals surface area contributed by atoms with Crippen LogP contribution in [-0.4, -0.2) is 23.3 Å². The summed E-state index contributed by atoms with van der Waals surface area (Å²) in [7, 11) is 1.39. The van der Waals surface area contributed by atoms with Crippen LogP contribution in [0.5, 0.6) is 5.75 Å². The van der Waals surface area contributed by atoms with Crippen molar-refractivity contribution in [3.8, 4) is 16.9 Å². The average molecular weight is 433 g/mol. The van der Waals surface area contributed by atoms with E-state index in [1.807, 2.05) is 73.7 Å². The Morgan fingerprint density at radius 2 is 1.71 bits per heavy atom. The Kier molecular flexibility index (Phi) is 6.14. The molecule has 6 heteroatoms. The van der Waals surface area contributed by atoms with E-state index < -0.39 is 0 Å². The molecule has 0 radical (unpaired) electrons. The fourth-order valence-electron chi connectivity index (χ4n) is 3.45. The molecule has 0 fully saturated rings. The molecule has 0 amide bonds. The molecule has 0 unspecified atom stereocenters. The van der Waals surface area contributed by atoms with Gasteiger partial charge in [-0.3, -0.25) is 4.79 Å². The number of methoxy groups -OCH3 is 1. The maximum Gasteiger partial charge on any atom is 0.309 e. The molecule has 1 aromatic heterocycles. The van der Waals surface area contributed by atoms with Gasteiger partial charge in [-0.25, -0.2) is 0 Å². The maximum absolute atomic E-state index is 11.4. The zero-order valence-electron chi connectivity index (χ0n) is 17.3. The highest BCUT2D eigenvalue weighted by Gasteiger charge is 2.12. The standard InChI is InChI=1S/C25H21ClN2O3/c1-16-24(21-7-4-8-22(26)25(21)28-27-16)19-5-3-6-20(14-19)31-15-18-11-9-17(10-12-18)13-23(29)30-2/h3-12,14H,13,15H2,1-2H3. The highest BCUT2D eigenvalue weighted by Crippen LogP contribution is 2.34. The number of aromatic nitrogens is 2. The second kappa shape index (κ2) is 9.14. The zero-order chi connectivity index (χ0) is 21.8. The molecule has 4 aromatic rings. The monoisotopic (exact) mass is 432 g/mol. The molecule has 31 heavy (non-hydrogen) atoms. The van der Waals surface area contributed by atoms with Crippen LogP contribution >= 0.6 is 11.6 Å². The summed E-state index contributed by atoms with van der Waals surface area (Å²) in [5.41, 5.74) is 5.41. The number of hydrogen-bond acceptors (Lipinski definition) is 5. The Labute approximate surface area is 185 Å². The quantitative estimate of drug-likeness (QED) is 0.373. The molecule has 0 atom stereocenters. The Hall–Kier alpha value is -3.44. The lowest BCUT2D eigenvalue weighted by molar-refractivity contribution is -0.139. The van der Waals surface area contributed by atoms with Crippen molar-refractivity contribution in [3.63, 3.8) is 0 Å². The van der Waals surface area contributed by atoms with Crippen molar-refractivity contribution in [1.82, 2.24) is 10.2 Å². The van der Waals surface area contributed by atoms with Gasteiger partial charge < -0.3 is 9.47 Å². The van der Waals surface area contributed by atoms with Gasteiger partial charge in [-0.15, -0.1) is 5.10 Å². The van der Waals surface area contributed by atoms with E-state index in [1.165, 1.54) is 7.11 Å². The van der Waals surface area contributed by atoms with Gasteiger partial charge in [0.1, 0.15) is 17.9 Å². The number of halogens is 1. The smallest absolute Gasteiger partial charge is 0.309 e. The minimum Gasteiger partial charge on any atom is -0.489 e. The minimum absolute atomic E-state index is 0.254. The normalized spacial score (nSPS) is 10.8. The number of aryl methyl sites for hydroxylation is 1. The van der Waals surface area contributed by atoms with Crippen LogP contribution in [0.1, 0.15) is 16.8 Å². The van der Waals surface area contributed by atoms with Gasteiger partial charge in [-0.1, -0.05) is 60.1 Å². The Balaban J connectivity index is 1.55. The second-order valence-corrected chi connectivity index (χ2v) is 7.59. The van der Waals surface area contributed by atoms with Gasteiger partial charge in [0.15, 0.2) is 0 Å². The van der Waals surface area contributed by atoms with Crippen molar-refractivity contribution >= 4 is 28.5 Å². The molecular weight excluding hydrogens is 412 g/mol.